The van der Waals surface area contributed by atoms with Gasteiger partial charge in [0, 0.05) is 15.6 Å². The minimum Gasteiger partial charge on any atom is -0.476 e. The van der Waals surface area contributed by atoms with Gasteiger partial charge < -0.3 is 23.9 Å². The molecule has 12 heteroatoms. The number of hydrogen-bond donors (Lipinski definition) is 1. The van der Waals surface area contributed by atoms with Crippen molar-refractivity contribution in [3.05, 3.63) is 78.7 Å². The topological polar surface area (TPSA) is 121 Å². The third kappa shape index (κ3) is 6.14. The largest absolute Gasteiger partial charge is 0.476 e. The van der Waals surface area contributed by atoms with Crippen LogP contribution in [0.15, 0.2) is 51.7 Å². The van der Waals surface area contributed by atoms with Crippen LogP contribution in [0.2, 0.25) is 10.0 Å². The molecule has 0 saturated carbocycles. The number of amides is 1. The van der Waals surface area contributed by atoms with Gasteiger partial charge in [-0.3, -0.25) is 9.59 Å². The van der Waals surface area contributed by atoms with Gasteiger partial charge in [0.2, 0.25) is 11.2 Å². The van der Waals surface area contributed by atoms with Crippen molar-refractivity contribution in [1.82, 2.24) is 0 Å². The molecule has 2 heterocycles. The second-order valence-corrected chi connectivity index (χ2v) is 10.2. The normalized spacial score (nSPS) is 10.8. The minimum absolute atomic E-state index is 0.0324. The maximum absolute atomic E-state index is 13.4. The van der Waals surface area contributed by atoms with Crippen molar-refractivity contribution >= 4 is 68.4 Å². The molecule has 0 atom stereocenters. The van der Waals surface area contributed by atoms with Crippen molar-refractivity contribution in [1.29, 1.82) is 0 Å². The molecule has 40 heavy (non-hydrogen) atoms. The highest BCUT2D eigenvalue weighted by Crippen LogP contribution is 2.35. The molecule has 1 N–H and O–H groups in total. The minimum atomic E-state index is -0.708. The molecule has 9 nitrogen and oxygen atoms in total. The summed E-state index contributed by atoms with van der Waals surface area (Å²) in [5.74, 6) is -2.16. The number of carbonyl (C=O) groups is 3. The molecule has 0 radical (unpaired) electrons. The third-order valence-electron chi connectivity index (χ3n) is 5.60. The fourth-order valence-corrected chi connectivity index (χ4v) is 5.22. The summed E-state index contributed by atoms with van der Waals surface area (Å²) < 4.78 is 21.9. The van der Waals surface area contributed by atoms with E-state index in [9.17, 15) is 19.2 Å². The van der Waals surface area contributed by atoms with Crippen molar-refractivity contribution in [2.24, 2.45) is 0 Å². The Bertz CT molecular complexity index is 1660. The standard InChI is InChI=1S/C28H23Cl2NO8S/c1-4-36-27(34)21-14(3)25(28(35)37-5-2)40-26(21)31-20(32)13-38-24-22(33)18-12-17(30)10-11-19(18)39-23(24)15-6-8-16(29)9-7-15/h6-12H,4-5,13H2,1-3H3,(H,31,32). The Morgan fingerprint density at radius 1 is 0.950 bits per heavy atom. The Balaban J connectivity index is 1.67. The van der Waals surface area contributed by atoms with E-state index in [1.54, 1.807) is 57.2 Å². The van der Waals surface area contributed by atoms with E-state index in [0.29, 0.717) is 21.2 Å². The zero-order chi connectivity index (χ0) is 29.0. The molecule has 0 spiro atoms. The van der Waals surface area contributed by atoms with E-state index in [0.717, 1.165) is 11.3 Å². The number of halogens is 2. The smallest absolute Gasteiger partial charge is 0.348 e. The number of nitrogens with one attached hydrogen (secondary N) is 1. The Morgan fingerprint density at radius 3 is 2.27 bits per heavy atom. The summed E-state index contributed by atoms with van der Waals surface area (Å²) in [6, 6.07) is 11.1. The molecule has 0 aliphatic heterocycles. The Labute approximate surface area is 242 Å². The highest BCUT2D eigenvalue weighted by molar-refractivity contribution is 7.18. The van der Waals surface area contributed by atoms with Crippen molar-refractivity contribution in [3.8, 4) is 17.1 Å². The first-order valence-corrected chi connectivity index (χ1v) is 13.6. The van der Waals surface area contributed by atoms with E-state index < -0.39 is 29.9 Å². The second-order valence-electron chi connectivity index (χ2n) is 8.27. The molecule has 4 aromatic rings. The number of benzene rings is 2. The monoisotopic (exact) mass is 603 g/mol. The number of anilines is 1. The third-order valence-corrected chi connectivity index (χ3v) is 7.28. The Kier molecular flexibility index (Phi) is 9.14. The molecule has 2 aromatic heterocycles. The first kappa shape index (κ1) is 29.1. The van der Waals surface area contributed by atoms with Gasteiger partial charge in [-0.05, 0) is 68.8 Å². The number of esters is 2. The van der Waals surface area contributed by atoms with Gasteiger partial charge >= 0.3 is 11.9 Å². The van der Waals surface area contributed by atoms with E-state index in [2.05, 4.69) is 5.32 Å². The van der Waals surface area contributed by atoms with Gasteiger partial charge in [0.1, 0.15) is 15.5 Å². The van der Waals surface area contributed by atoms with Crippen LogP contribution in [-0.2, 0) is 14.3 Å². The van der Waals surface area contributed by atoms with Gasteiger partial charge in [-0.1, -0.05) is 23.2 Å². The lowest BCUT2D eigenvalue weighted by Crippen LogP contribution is -2.23. The summed E-state index contributed by atoms with van der Waals surface area (Å²) in [6.07, 6.45) is 0. The molecule has 0 aliphatic carbocycles. The summed E-state index contributed by atoms with van der Waals surface area (Å²) in [5.41, 5.74) is 0.576. The zero-order valence-electron chi connectivity index (χ0n) is 21.6. The molecular formula is C28H23Cl2NO8S. The molecule has 0 aliphatic rings. The summed E-state index contributed by atoms with van der Waals surface area (Å²) >= 11 is 13.0. The highest BCUT2D eigenvalue weighted by Gasteiger charge is 2.28. The second kappa shape index (κ2) is 12.5. The molecule has 0 saturated heterocycles. The zero-order valence-corrected chi connectivity index (χ0v) is 23.9. The molecule has 208 valence electrons. The van der Waals surface area contributed by atoms with Gasteiger partial charge in [-0.25, -0.2) is 9.59 Å². The number of ether oxygens (including phenoxy) is 3. The van der Waals surface area contributed by atoms with E-state index in [1.807, 2.05) is 0 Å². The molecule has 0 fully saturated rings. The van der Waals surface area contributed by atoms with E-state index in [4.69, 9.17) is 41.8 Å². The molecule has 1 amide bonds. The predicted octanol–water partition coefficient (Wildman–Crippen LogP) is 6.51. The van der Waals surface area contributed by atoms with Crippen LogP contribution in [0.3, 0.4) is 0 Å². The number of hydrogen-bond acceptors (Lipinski definition) is 9. The summed E-state index contributed by atoms with van der Waals surface area (Å²) in [4.78, 5) is 51.6. The quantitative estimate of drug-likeness (QED) is 0.215. The molecule has 0 bridgehead atoms. The number of carbonyl (C=O) groups excluding carboxylic acids is 3. The van der Waals surface area contributed by atoms with Crippen LogP contribution in [0.4, 0.5) is 5.00 Å². The van der Waals surface area contributed by atoms with Gasteiger partial charge in [-0.2, -0.15) is 0 Å². The average Bonchev–Trinajstić information content (AvgIpc) is 3.24. The van der Waals surface area contributed by atoms with Crippen molar-refractivity contribution in [3.63, 3.8) is 0 Å². The SMILES string of the molecule is CCOC(=O)c1sc(NC(=O)COc2c(-c3ccc(Cl)cc3)oc3ccc(Cl)cc3c2=O)c(C(=O)OCC)c1C. The maximum atomic E-state index is 13.4. The number of thiophene rings is 1. The fraction of sp³-hybridized carbons (Fsp3) is 0.214. The molecular weight excluding hydrogens is 581 g/mol. The Morgan fingerprint density at radius 2 is 1.60 bits per heavy atom. The first-order valence-electron chi connectivity index (χ1n) is 12.1. The van der Waals surface area contributed by atoms with Crippen LogP contribution in [0.1, 0.15) is 39.4 Å². The van der Waals surface area contributed by atoms with Crippen LogP contribution in [0.5, 0.6) is 5.75 Å². The van der Waals surface area contributed by atoms with Crippen LogP contribution in [-0.4, -0.2) is 37.7 Å². The van der Waals surface area contributed by atoms with Crippen LogP contribution < -0.4 is 15.5 Å². The van der Waals surface area contributed by atoms with Gasteiger partial charge in [0.05, 0.1) is 24.2 Å². The molecule has 4 rings (SSSR count). The predicted molar refractivity (Wildman–Crippen MR) is 153 cm³/mol. The molecule has 0 unspecified atom stereocenters. The first-order chi connectivity index (χ1) is 19.1. The van der Waals surface area contributed by atoms with E-state index in [1.165, 1.54) is 6.07 Å². The number of fused-ring (bicyclic) bond motifs is 1. The van der Waals surface area contributed by atoms with Crippen molar-refractivity contribution in [2.45, 2.75) is 20.8 Å². The van der Waals surface area contributed by atoms with E-state index >= 15 is 0 Å². The molecule has 2 aromatic carbocycles. The van der Waals surface area contributed by atoms with Gasteiger partial charge in [0.15, 0.2) is 12.4 Å². The van der Waals surface area contributed by atoms with Crippen molar-refractivity contribution < 1.29 is 33.0 Å². The lowest BCUT2D eigenvalue weighted by atomic mass is 10.1. The van der Waals surface area contributed by atoms with Crippen molar-refractivity contribution in [2.75, 3.05) is 25.1 Å². The lowest BCUT2D eigenvalue weighted by Gasteiger charge is -2.12. The number of rotatable bonds is 9. The summed E-state index contributed by atoms with van der Waals surface area (Å²) in [7, 11) is 0. The van der Waals surface area contributed by atoms with Gasteiger partial charge in [0.25, 0.3) is 5.91 Å². The average molecular weight is 604 g/mol. The summed E-state index contributed by atoms with van der Waals surface area (Å²) in [6.45, 7) is 4.46. The fourth-order valence-electron chi connectivity index (χ4n) is 3.82. The van der Waals surface area contributed by atoms with E-state index in [-0.39, 0.29) is 51.1 Å². The van der Waals surface area contributed by atoms with Crippen LogP contribution in [0, 0.1) is 6.92 Å². The van der Waals surface area contributed by atoms with Gasteiger partial charge in [-0.15, -0.1) is 11.3 Å². The van der Waals surface area contributed by atoms with Crippen LogP contribution in [0.25, 0.3) is 22.3 Å². The van der Waals surface area contributed by atoms with Crippen LogP contribution >= 0.6 is 34.5 Å². The summed E-state index contributed by atoms with van der Waals surface area (Å²) in [5, 5.41) is 3.63. The Hall–Kier alpha value is -3.86. The lowest BCUT2D eigenvalue weighted by molar-refractivity contribution is -0.118. The maximum Gasteiger partial charge on any atom is 0.348 e. The highest BCUT2D eigenvalue weighted by atomic mass is 35.5.